The Morgan fingerprint density at radius 3 is 2.67 bits per heavy atom. The van der Waals surface area contributed by atoms with Crippen molar-refractivity contribution < 1.29 is 4.79 Å². The maximum absolute atomic E-state index is 11.7. The SMILES string of the molecule is CCC(=O)c1ccc(Br)cc1NN=C(C#N)C#N. The molecule has 0 fully saturated rings. The summed E-state index contributed by atoms with van der Waals surface area (Å²) in [5.74, 6) is -0.0457. The lowest BCUT2D eigenvalue weighted by Crippen LogP contribution is -2.04. The molecule has 1 aromatic carbocycles. The molecule has 0 saturated carbocycles. The van der Waals surface area contributed by atoms with E-state index in [4.69, 9.17) is 10.5 Å². The molecule has 0 aliphatic heterocycles. The number of nitriles is 2. The summed E-state index contributed by atoms with van der Waals surface area (Å²) in [6.45, 7) is 1.76. The zero-order chi connectivity index (χ0) is 13.5. The van der Waals surface area contributed by atoms with E-state index in [0.717, 1.165) is 4.47 Å². The minimum atomic E-state index is -0.301. The number of nitrogens with one attached hydrogen (secondary N) is 1. The molecule has 1 N–H and O–H groups in total. The lowest BCUT2D eigenvalue weighted by molar-refractivity contribution is 0.0989. The smallest absolute Gasteiger partial charge is 0.237 e. The normalized spacial score (nSPS) is 8.89. The fraction of sp³-hybridized carbons (Fsp3) is 0.167. The van der Waals surface area contributed by atoms with Gasteiger partial charge in [0.1, 0.15) is 12.1 Å². The topological polar surface area (TPSA) is 89.0 Å². The molecule has 0 radical (unpaired) electrons. The second kappa shape index (κ2) is 6.53. The minimum Gasteiger partial charge on any atom is -0.294 e. The van der Waals surface area contributed by atoms with E-state index in [2.05, 4.69) is 26.5 Å². The van der Waals surface area contributed by atoms with E-state index in [0.29, 0.717) is 17.7 Å². The van der Waals surface area contributed by atoms with Crippen molar-refractivity contribution in [3.8, 4) is 12.1 Å². The highest BCUT2D eigenvalue weighted by Gasteiger charge is 2.10. The molecule has 1 aromatic rings. The number of hydrogen-bond acceptors (Lipinski definition) is 5. The van der Waals surface area contributed by atoms with Gasteiger partial charge in [-0.2, -0.15) is 15.6 Å². The Morgan fingerprint density at radius 2 is 2.11 bits per heavy atom. The van der Waals surface area contributed by atoms with Crippen LogP contribution >= 0.6 is 15.9 Å². The molecule has 1 rings (SSSR count). The Bertz CT molecular complexity index is 565. The monoisotopic (exact) mass is 304 g/mol. The maximum atomic E-state index is 11.7. The summed E-state index contributed by atoms with van der Waals surface area (Å²) in [6.07, 6.45) is 0.364. The van der Waals surface area contributed by atoms with Crippen LogP contribution in [0.25, 0.3) is 0 Å². The van der Waals surface area contributed by atoms with Crippen molar-refractivity contribution in [3.63, 3.8) is 0 Å². The van der Waals surface area contributed by atoms with E-state index in [1.165, 1.54) is 0 Å². The van der Waals surface area contributed by atoms with Gasteiger partial charge in [-0.15, -0.1) is 0 Å². The number of rotatable bonds is 4. The van der Waals surface area contributed by atoms with Crippen LogP contribution in [0.1, 0.15) is 23.7 Å². The summed E-state index contributed by atoms with van der Waals surface area (Å²) in [6, 6.07) is 8.33. The number of ketones is 1. The van der Waals surface area contributed by atoms with E-state index >= 15 is 0 Å². The van der Waals surface area contributed by atoms with Crippen LogP contribution in [0.4, 0.5) is 5.69 Å². The van der Waals surface area contributed by atoms with Crippen molar-refractivity contribution >= 4 is 33.1 Å². The number of carbonyl (C=O) groups is 1. The van der Waals surface area contributed by atoms with Crippen LogP contribution in [0, 0.1) is 22.7 Å². The summed E-state index contributed by atoms with van der Waals surface area (Å²) >= 11 is 3.28. The zero-order valence-electron chi connectivity index (χ0n) is 9.57. The highest BCUT2D eigenvalue weighted by molar-refractivity contribution is 9.10. The van der Waals surface area contributed by atoms with Crippen LogP contribution in [-0.4, -0.2) is 11.5 Å². The van der Waals surface area contributed by atoms with Crippen LogP contribution < -0.4 is 5.43 Å². The first-order valence-electron chi connectivity index (χ1n) is 5.09. The quantitative estimate of drug-likeness (QED) is 0.526. The molecule has 0 amide bonds. The largest absolute Gasteiger partial charge is 0.294 e. The number of halogens is 1. The highest BCUT2D eigenvalue weighted by Crippen LogP contribution is 2.22. The zero-order valence-corrected chi connectivity index (χ0v) is 11.2. The molecule has 0 bridgehead atoms. The van der Waals surface area contributed by atoms with Gasteiger partial charge in [0.2, 0.25) is 5.71 Å². The number of hydrazone groups is 1. The van der Waals surface area contributed by atoms with Gasteiger partial charge in [-0.3, -0.25) is 10.2 Å². The van der Waals surface area contributed by atoms with Crippen LogP contribution in [0.5, 0.6) is 0 Å². The molecule has 0 saturated heterocycles. The van der Waals surface area contributed by atoms with E-state index in [1.54, 1.807) is 37.3 Å². The van der Waals surface area contributed by atoms with Crippen molar-refractivity contribution in [2.45, 2.75) is 13.3 Å². The summed E-state index contributed by atoms with van der Waals surface area (Å²) in [4.78, 5) is 11.7. The van der Waals surface area contributed by atoms with Crippen molar-refractivity contribution in [1.82, 2.24) is 0 Å². The molecule has 5 nitrogen and oxygen atoms in total. The van der Waals surface area contributed by atoms with Crippen molar-refractivity contribution in [3.05, 3.63) is 28.2 Å². The molecule has 6 heteroatoms. The summed E-state index contributed by atoms with van der Waals surface area (Å²) in [5.41, 5.74) is 3.19. The highest BCUT2D eigenvalue weighted by atomic mass is 79.9. The molecule has 0 atom stereocenters. The molecule has 0 spiro atoms. The Kier molecular flexibility index (Phi) is 5.04. The average molecular weight is 305 g/mol. The predicted octanol–water partition coefficient (Wildman–Crippen LogP) is 2.86. The van der Waals surface area contributed by atoms with Gasteiger partial charge in [-0.05, 0) is 18.2 Å². The molecule has 0 aromatic heterocycles. The fourth-order valence-corrected chi connectivity index (χ4v) is 1.59. The molecule has 18 heavy (non-hydrogen) atoms. The Labute approximate surface area is 113 Å². The van der Waals surface area contributed by atoms with Gasteiger partial charge in [0, 0.05) is 16.5 Å². The van der Waals surface area contributed by atoms with Crippen molar-refractivity contribution in [2.24, 2.45) is 5.10 Å². The number of Topliss-reactive ketones (excluding diaryl/α,β-unsaturated/α-hetero) is 1. The maximum Gasteiger partial charge on any atom is 0.237 e. The number of carbonyl (C=O) groups excluding carboxylic acids is 1. The first-order chi connectivity index (χ1) is 8.62. The first kappa shape index (κ1) is 13.9. The van der Waals surface area contributed by atoms with Gasteiger partial charge in [0.15, 0.2) is 5.78 Å². The van der Waals surface area contributed by atoms with Gasteiger partial charge < -0.3 is 0 Å². The second-order valence-corrected chi connectivity index (χ2v) is 4.18. The number of anilines is 1. The lowest BCUT2D eigenvalue weighted by Gasteiger charge is -2.07. The molecule has 90 valence electrons. The second-order valence-electron chi connectivity index (χ2n) is 3.26. The third-order valence-corrected chi connectivity index (χ3v) is 2.60. The van der Waals surface area contributed by atoms with E-state index < -0.39 is 0 Å². The Morgan fingerprint density at radius 1 is 1.44 bits per heavy atom. The summed E-state index contributed by atoms with van der Waals surface area (Å²) < 4.78 is 0.767. The van der Waals surface area contributed by atoms with Crippen molar-refractivity contribution in [1.29, 1.82) is 10.5 Å². The minimum absolute atomic E-state index is 0.0457. The molecule has 0 unspecified atom stereocenters. The van der Waals surface area contributed by atoms with E-state index in [9.17, 15) is 4.79 Å². The molecular formula is C12H9BrN4O. The van der Waals surface area contributed by atoms with Gasteiger partial charge >= 0.3 is 0 Å². The lowest BCUT2D eigenvalue weighted by atomic mass is 10.1. The first-order valence-corrected chi connectivity index (χ1v) is 5.88. The van der Waals surface area contributed by atoms with Crippen LogP contribution in [-0.2, 0) is 0 Å². The third-order valence-electron chi connectivity index (χ3n) is 2.10. The number of nitrogens with zero attached hydrogens (tertiary/aromatic N) is 3. The van der Waals surface area contributed by atoms with Crippen LogP contribution in [0.15, 0.2) is 27.8 Å². The van der Waals surface area contributed by atoms with Gasteiger partial charge in [-0.25, -0.2) is 0 Å². The predicted molar refractivity (Wildman–Crippen MR) is 71.0 cm³/mol. The molecule has 0 aliphatic rings. The molecule has 0 aliphatic carbocycles. The molecule has 0 heterocycles. The van der Waals surface area contributed by atoms with Crippen molar-refractivity contribution in [2.75, 3.05) is 5.43 Å². The van der Waals surface area contributed by atoms with Gasteiger partial charge in [-0.1, -0.05) is 22.9 Å². The van der Waals surface area contributed by atoms with E-state index in [-0.39, 0.29) is 11.5 Å². The summed E-state index contributed by atoms with van der Waals surface area (Å²) in [7, 11) is 0. The van der Waals surface area contributed by atoms with Crippen LogP contribution in [0.3, 0.4) is 0 Å². The Balaban J connectivity index is 3.12. The Hall–Kier alpha value is -2.18. The number of benzene rings is 1. The number of hydrogen-bond donors (Lipinski definition) is 1. The third kappa shape index (κ3) is 3.41. The van der Waals surface area contributed by atoms with Gasteiger partial charge in [0.05, 0.1) is 5.69 Å². The van der Waals surface area contributed by atoms with Crippen LogP contribution in [0.2, 0.25) is 0 Å². The standard InChI is InChI=1S/C12H9BrN4O/c1-2-12(18)10-4-3-8(13)5-11(10)17-16-9(6-14)7-15/h3-5,17H,2H2,1H3. The summed E-state index contributed by atoms with van der Waals surface area (Å²) in [5, 5.41) is 20.7. The average Bonchev–Trinajstić information content (AvgIpc) is 2.39. The fourth-order valence-electron chi connectivity index (χ4n) is 1.23. The molecular weight excluding hydrogens is 296 g/mol. The van der Waals surface area contributed by atoms with E-state index in [1.807, 2.05) is 0 Å². The van der Waals surface area contributed by atoms with Gasteiger partial charge in [0.25, 0.3) is 0 Å².